The lowest BCUT2D eigenvalue weighted by Gasteiger charge is -2.26. The molecule has 0 spiro atoms. The minimum atomic E-state index is -3.95. The molecule has 3 aromatic carbocycles. The van der Waals surface area contributed by atoms with E-state index in [0.717, 1.165) is 5.56 Å². The van der Waals surface area contributed by atoms with Crippen molar-refractivity contribution in [2.75, 3.05) is 0 Å². The zero-order chi connectivity index (χ0) is 19.8. The summed E-state index contributed by atoms with van der Waals surface area (Å²) >= 11 is 0. The summed E-state index contributed by atoms with van der Waals surface area (Å²) in [7, 11) is -3.95. The second-order valence-corrected chi connectivity index (χ2v) is 9.73. The number of nitrogens with zero attached hydrogens (tertiary/aromatic N) is 1. The monoisotopic (exact) mass is 401 g/mol. The third-order valence-electron chi connectivity index (χ3n) is 6.78. The number of hydrogen-bond acceptors (Lipinski definition) is 4. The quantitative estimate of drug-likeness (QED) is 0.478. The van der Waals surface area contributed by atoms with Gasteiger partial charge in [0.2, 0.25) is 0 Å². The highest BCUT2D eigenvalue weighted by Gasteiger charge is 2.73. The Morgan fingerprint density at radius 2 is 1.41 bits per heavy atom. The zero-order valence-electron chi connectivity index (χ0n) is 15.8. The summed E-state index contributed by atoms with van der Waals surface area (Å²) in [5.74, 6) is 1.37. The highest BCUT2D eigenvalue weighted by Crippen LogP contribution is 2.79. The molecule has 3 aromatic rings. The molecule has 1 saturated carbocycles. The van der Waals surface area contributed by atoms with Crippen LogP contribution < -0.4 is 0 Å². The Bertz CT molecular complexity index is 1220. The molecule has 0 heterocycles. The number of hydrogen-bond donors (Lipinski definition) is 0. The summed E-state index contributed by atoms with van der Waals surface area (Å²) in [6, 6.07) is 23.5. The summed E-state index contributed by atoms with van der Waals surface area (Å²) in [6.07, 6.45) is 1.73. The normalized spacial score (nSPS) is 28.1. The predicted molar refractivity (Wildman–Crippen MR) is 111 cm³/mol. The van der Waals surface area contributed by atoms with E-state index >= 15 is 0 Å². The molecule has 2 atom stereocenters. The second kappa shape index (κ2) is 5.57. The van der Waals surface area contributed by atoms with Gasteiger partial charge in [0, 0.05) is 0 Å². The zero-order valence-corrected chi connectivity index (χ0v) is 16.6. The minimum Gasteiger partial charge on any atom is -0.265 e. The number of fused-ring (bicyclic) bond motifs is 7. The SMILES string of the molecule is Cc1ccc(S(=O)(=O)ON=CC23c4ccccc4C4C(c5ccccc52)C43)cc1. The van der Waals surface area contributed by atoms with Crippen molar-refractivity contribution in [2.24, 2.45) is 11.1 Å². The molecule has 3 aliphatic carbocycles. The molecule has 5 heteroatoms. The van der Waals surface area contributed by atoms with Gasteiger partial charge in [-0.1, -0.05) is 71.4 Å². The van der Waals surface area contributed by atoms with Gasteiger partial charge in [-0.25, -0.2) is 0 Å². The Morgan fingerprint density at radius 1 is 0.862 bits per heavy atom. The van der Waals surface area contributed by atoms with Crippen LogP contribution in [0, 0.1) is 12.8 Å². The van der Waals surface area contributed by atoms with Crippen molar-refractivity contribution in [2.45, 2.75) is 29.1 Å². The molecule has 2 unspecified atom stereocenters. The molecular formula is C24H19NO3S. The number of oxime groups is 1. The van der Waals surface area contributed by atoms with Gasteiger partial charge < -0.3 is 0 Å². The van der Waals surface area contributed by atoms with E-state index in [1.165, 1.54) is 22.3 Å². The molecule has 3 aliphatic rings. The van der Waals surface area contributed by atoms with E-state index in [4.69, 9.17) is 4.28 Å². The first-order chi connectivity index (χ1) is 14.0. The van der Waals surface area contributed by atoms with Crippen LogP contribution in [0.5, 0.6) is 0 Å². The molecule has 0 radical (unpaired) electrons. The van der Waals surface area contributed by atoms with Crippen LogP contribution in [0.15, 0.2) is 82.8 Å². The van der Waals surface area contributed by atoms with Crippen molar-refractivity contribution < 1.29 is 12.7 Å². The topological polar surface area (TPSA) is 55.7 Å². The molecule has 0 saturated heterocycles. The molecule has 144 valence electrons. The van der Waals surface area contributed by atoms with Gasteiger partial charge in [0.05, 0.1) is 11.6 Å². The van der Waals surface area contributed by atoms with Gasteiger partial charge in [0.15, 0.2) is 0 Å². The number of benzene rings is 3. The lowest BCUT2D eigenvalue weighted by Crippen LogP contribution is -2.28. The molecule has 0 amide bonds. The fraction of sp³-hybridized carbons (Fsp3) is 0.208. The van der Waals surface area contributed by atoms with Crippen molar-refractivity contribution in [3.63, 3.8) is 0 Å². The summed E-state index contributed by atoms with van der Waals surface area (Å²) in [5.41, 5.74) is 5.72. The average molecular weight is 401 g/mol. The third-order valence-corrected chi connectivity index (χ3v) is 7.92. The van der Waals surface area contributed by atoms with Crippen LogP contribution in [0.25, 0.3) is 0 Å². The van der Waals surface area contributed by atoms with E-state index in [0.29, 0.717) is 17.8 Å². The molecule has 0 aliphatic heterocycles. The summed E-state index contributed by atoms with van der Waals surface area (Å²) in [6.45, 7) is 1.91. The lowest BCUT2D eigenvalue weighted by molar-refractivity contribution is 0.337. The van der Waals surface area contributed by atoms with E-state index in [2.05, 4.69) is 41.6 Å². The Morgan fingerprint density at radius 3 is 2.00 bits per heavy atom. The highest BCUT2D eigenvalue weighted by molar-refractivity contribution is 7.86. The lowest BCUT2D eigenvalue weighted by atomic mass is 9.76. The maximum Gasteiger partial charge on any atom is 0.358 e. The molecule has 0 bridgehead atoms. The molecule has 29 heavy (non-hydrogen) atoms. The largest absolute Gasteiger partial charge is 0.358 e. The minimum absolute atomic E-state index is 0.110. The molecular weight excluding hydrogens is 382 g/mol. The Balaban J connectivity index is 1.42. The molecule has 1 fully saturated rings. The van der Waals surface area contributed by atoms with Crippen LogP contribution >= 0.6 is 0 Å². The van der Waals surface area contributed by atoms with Crippen LogP contribution in [0.3, 0.4) is 0 Å². The predicted octanol–water partition coefficient (Wildman–Crippen LogP) is 4.50. The van der Waals surface area contributed by atoms with Crippen LogP contribution in [0.1, 0.15) is 39.7 Å². The third kappa shape index (κ3) is 2.14. The maximum atomic E-state index is 12.6. The first kappa shape index (κ1) is 17.0. The summed E-state index contributed by atoms with van der Waals surface area (Å²) in [5, 5.41) is 4.06. The van der Waals surface area contributed by atoms with Gasteiger partial charge in [-0.3, -0.25) is 4.28 Å². The smallest absolute Gasteiger partial charge is 0.265 e. The van der Waals surface area contributed by atoms with Crippen LogP contribution in [-0.4, -0.2) is 14.6 Å². The van der Waals surface area contributed by atoms with Gasteiger partial charge in [0.1, 0.15) is 4.90 Å². The first-order valence-electron chi connectivity index (χ1n) is 9.78. The van der Waals surface area contributed by atoms with E-state index in [-0.39, 0.29) is 4.90 Å². The van der Waals surface area contributed by atoms with Crippen molar-refractivity contribution in [1.29, 1.82) is 0 Å². The number of rotatable bonds is 4. The summed E-state index contributed by atoms with van der Waals surface area (Å²) in [4.78, 5) is 0.110. The Kier molecular flexibility index (Phi) is 3.26. The van der Waals surface area contributed by atoms with Gasteiger partial charge in [-0.05, 0) is 59.1 Å². The fourth-order valence-electron chi connectivity index (χ4n) is 5.62. The Hall–Kier alpha value is -2.92. The highest BCUT2D eigenvalue weighted by atomic mass is 32.2. The van der Waals surface area contributed by atoms with Gasteiger partial charge in [-0.15, -0.1) is 0 Å². The van der Waals surface area contributed by atoms with E-state index in [1.807, 2.05) is 19.1 Å². The van der Waals surface area contributed by atoms with Crippen molar-refractivity contribution in [1.82, 2.24) is 0 Å². The Labute approximate surface area is 170 Å². The van der Waals surface area contributed by atoms with Crippen molar-refractivity contribution >= 4 is 16.3 Å². The molecule has 0 N–H and O–H groups in total. The van der Waals surface area contributed by atoms with E-state index in [1.54, 1.807) is 30.5 Å². The van der Waals surface area contributed by atoms with E-state index in [9.17, 15) is 8.42 Å². The van der Waals surface area contributed by atoms with Crippen LogP contribution in [0.2, 0.25) is 0 Å². The second-order valence-electron chi connectivity index (χ2n) is 8.20. The van der Waals surface area contributed by atoms with Crippen LogP contribution in [0.4, 0.5) is 0 Å². The van der Waals surface area contributed by atoms with Gasteiger partial charge >= 0.3 is 10.1 Å². The summed E-state index contributed by atoms with van der Waals surface area (Å²) < 4.78 is 30.2. The molecule has 4 nitrogen and oxygen atoms in total. The maximum absolute atomic E-state index is 12.6. The van der Waals surface area contributed by atoms with Gasteiger partial charge in [-0.2, -0.15) is 8.42 Å². The van der Waals surface area contributed by atoms with Crippen molar-refractivity contribution in [3.8, 4) is 0 Å². The average Bonchev–Trinajstić information content (AvgIpc) is 3.34. The van der Waals surface area contributed by atoms with Gasteiger partial charge in [0.25, 0.3) is 0 Å². The van der Waals surface area contributed by atoms with E-state index < -0.39 is 15.5 Å². The first-order valence-corrected chi connectivity index (χ1v) is 11.2. The standard InChI is InChI=1S/C24H19NO3S/c1-15-10-12-16(13-11-15)29(26,27)28-25-14-24-19-8-4-2-6-17(19)21-22(23(21)24)18-7-3-5-9-20(18)24/h2-14,21-23H,1H3. The molecule has 0 aromatic heterocycles. The molecule has 6 rings (SSSR count). The van der Waals surface area contributed by atoms with Crippen LogP contribution in [-0.2, 0) is 19.8 Å². The fourth-order valence-corrected chi connectivity index (χ4v) is 6.33. The number of aryl methyl sites for hydroxylation is 1. The van der Waals surface area contributed by atoms with Crippen molar-refractivity contribution in [3.05, 3.63) is 101 Å².